The summed E-state index contributed by atoms with van der Waals surface area (Å²) >= 11 is 25.0. The molecule has 0 bridgehead atoms. The van der Waals surface area contributed by atoms with Crippen molar-refractivity contribution < 1.29 is 13.9 Å². The number of hydrazine groups is 1. The lowest BCUT2D eigenvalue weighted by Gasteiger charge is -2.31. The van der Waals surface area contributed by atoms with Crippen LogP contribution in [0.15, 0.2) is 62.7 Å². The number of rotatable bonds is 7. The molecule has 38 heavy (non-hydrogen) atoms. The summed E-state index contributed by atoms with van der Waals surface area (Å²) in [4.78, 5) is 43.2. The maximum Gasteiger partial charge on any atom is 0.423 e. The molecule has 2 heterocycles. The minimum absolute atomic E-state index is 0.110. The van der Waals surface area contributed by atoms with Crippen LogP contribution in [-0.2, 0) is 4.79 Å². The number of nitrogens with zero attached hydrogens (tertiary/aromatic N) is 3. The maximum absolute atomic E-state index is 13.3. The molecular formula is C25H20Cl4N4O5. The number of pyridine rings is 1. The highest BCUT2D eigenvalue weighted by Gasteiger charge is 2.28. The van der Waals surface area contributed by atoms with E-state index in [1.165, 1.54) is 31.3 Å². The molecule has 0 aliphatic carbocycles. The average Bonchev–Trinajstić information content (AvgIpc) is 2.82. The fourth-order valence-electron chi connectivity index (χ4n) is 4.06. The van der Waals surface area contributed by atoms with Crippen LogP contribution in [0.25, 0.3) is 11.1 Å². The van der Waals surface area contributed by atoms with Gasteiger partial charge < -0.3 is 9.15 Å². The van der Waals surface area contributed by atoms with E-state index in [9.17, 15) is 14.4 Å². The lowest BCUT2D eigenvalue weighted by atomic mass is 9.98. The van der Waals surface area contributed by atoms with Crippen LogP contribution in [0.5, 0.6) is 5.75 Å². The second-order valence-corrected chi connectivity index (χ2v) is 10.1. The number of halogens is 4. The van der Waals surface area contributed by atoms with Crippen LogP contribution in [0.3, 0.4) is 0 Å². The van der Waals surface area contributed by atoms with Gasteiger partial charge in [-0.1, -0.05) is 46.4 Å². The Morgan fingerprint density at radius 3 is 2.03 bits per heavy atom. The van der Waals surface area contributed by atoms with Crippen LogP contribution in [0.4, 0.5) is 0 Å². The largest absolute Gasteiger partial charge is 0.493 e. The fraction of sp³-hybridized carbons (Fsp3) is 0.200. The SMILES string of the molecule is COc1ccnc2c(=O)n([C@@H](C)C(=O)NN(C)C(c3cc(Cl)cc(Cl)c3)c3cc(Cl)cc(Cl)c3)c(=O)oc12. The molecule has 0 radical (unpaired) electrons. The molecule has 4 aromatic rings. The van der Waals surface area contributed by atoms with Gasteiger partial charge >= 0.3 is 5.76 Å². The van der Waals surface area contributed by atoms with Gasteiger partial charge in [0.05, 0.1) is 13.2 Å². The standard InChI is InChI=1S/C25H20Cl4N4O5/c1-12(33-24(35)20-22(38-25(33)36)19(37-3)4-5-30-20)23(34)31-32(2)21(13-6-15(26)10-16(27)7-13)14-8-17(28)11-18(29)9-14/h4-12,21H,1-3H3,(H,31,34)/t12-/m0/s1. The van der Waals surface area contributed by atoms with Crippen molar-refractivity contribution in [3.63, 3.8) is 0 Å². The third-order valence-corrected chi connectivity index (χ3v) is 6.61. The first-order valence-corrected chi connectivity index (χ1v) is 12.5. The Labute approximate surface area is 236 Å². The van der Waals surface area contributed by atoms with E-state index in [1.54, 1.807) is 43.4 Å². The Morgan fingerprint density at radius 2 is 1.53 bits per heavy atom. The number of methoxy groups -OCH3 is 1. The zero-order valence-electron chi connectivity index (χ0n) is 20.2. The number of hydrogen-bond donors (Lipinski definition) is 1. The van der Waals surface area contributed by atoms with Gasteiger partial charge in [0, 0.05) is 39.4 Å². The van der Waals surface area contributed by atoms with Crippen LogP contribution in [0.2, 0.25) is 20.1 Å². The highest BCUT2D eigenvalue weighted by Crippen LogP contribution is 2.34. The molecule has 198 valence electrons. The molecule has 2 aromatic heterocycles. The van der Waals surface area contributed by atoms with Gasteiger partial charge in [-0.15, -0.1) is 0 Å². The van der Waals surface area contributed by atoms with E-state index in [0.29, 0.717) is 35.8 Å². The molecule has 4 rings (SSSR count). The van der Waals surface area contributed by atoms with Crippen LogP contribution in [0, 0.1) is 0 Å². The quantitative estimate of drug-likeness (QED) is 0.289. The molecule has 0 saturated heterocycles. The van der Waals surface area contributed by atoms with Gasteiger partial charge in [-0.25, -0.2) is 19.4 Å². The zero-order valence-corrected chi connectivity index (χ0v) is 23.2. The first-order chi connectivity index (χ1) is 18.0. The summed E-state index contributed by atoms with van der Waals surface area (Å²) in [7, 11) is 2.96. The van der Waals surface area contributed by atoms with Crippen LogP contribution < -0.4 is 21.5 Å². The molecule has 0 fully saturated rings. The van der Waals surface area contributed by atoms with E-state index < -0.39 is 29.3 Å². The van der Waals surface area contributed by atoms with Gasteiger partial charge in [-0.05, 0) is 54.4 Å². The molecule has 0 unspecified atom stereocenters. The maximum atomic E-state index is 13.3. The third-order valence-electron chi connectivity index (χ3n) is 5.74. The molecule has 9 nitrogen and oxygen atoms in total. The second kappa shape index (κ2) is 11.3. The molecule has 0 spiro atoms. The lowest BCUT2D eigenvalue weighted by molar-refractivity contribution is -0.129. The Morgan fingerprint density at radius 1 is 1.00 bits per heavy atom. The van der Waals surface area contributed by atoms with E-state index in [2.05, 4.69) is 10.4 Å². The Kier molecular flexibility index (Phi) is 8.34. The summed E-state index contributed by atoms with van der Waals surface area (Å²) in [5.74, 6) is -1.56. The smallest absolute Gasteiger partial charge is 0.423 e. The monoisotopic (exact) mass is 596 g/mol. The highest BCUT2D eigenvalue weighted by molar-refractivity contribution is 6.35. The summed E-state index contributed by atoms with van der Waals surface area (Å²) in [5, 5.41) is 2.98. The lowest BCUT2D eigenvalue weighted by Crippen LogP contribution is -2.48. The van der Waals surface area contributed by atoms with Gasteiger partial charge in [-0.2, -0.15) is 0 Å². The number of aromatic nitrogens is 2. The van der Waals surface area contributed by atoms with Gasteiger partial charge in [0.2, 0.25) is 5.58 Å². The van der Waals surface area contributed by atoms with Crippen molar-refractivity contribution >= 4 is 63.4 Å². The van der Waals surface area contributed by atoms with E-state index >= 15 is 0 Å². The predicted molar refractivity (Wildman–Crippen MR) is 146 cm³/mol. The molecule has 0 aliphatic rings. The summed E-state index contributed by atoms with van der Waals surface area (Å²) in [6, 6.07) is 9.39. The van der Waals surface area contributed by atoms with Crippen molar-refractivity contribution in [1.82, 2.24) is 20.0 Å². The van der Waals surface area contributed by atoms with Gasteiger partial charge in [0.25, 0.3) is 11.5 Å². The normalized spacial score (nSPS) is 12.2. The van der Waals surface area contributed by atoms with Gasteiger partial charge in [0.1, 0.15) is 6.04 Å². The molecule has 1 atom stereocenters. The third kappa shape index (κ3) is 5.67. The number of carbonyl (C=O) groups is 1. The number of nitrogens with one attached hydrogen (secondary N) is 1. The Hall–Kier alpha value is -3.08. The van der Waals surface area contributed by atoms with Crippen LogP contribution >= 0.6 is 46.4 Å². The minimum Gasteiger partial charge on any atom is -0.493 e. The van der Waals surface area contributed by atoms with E-state index in [0.717, 1.165) is 0 Å². The van der Waals surface area contributed by atoms with Gasteiger partial charge in [0.15, 0.2) is 11.3 Å². The van der Waals surface area contributed by atoms with Crippen molar-refractivity contribution in [1.29, 1.82) is 0 Å². The predicted octanol–water partition coefficient (Wildman–Crippen LogP) is 5.29. The number of amides is 1. The fourth-order valence-corrected chi connectivity index (χ4v) is 5.15. The van der Waals surface area contributed by atoms with Crippen molar-refractivity contribution in [3.8, 4) is 5.75 Å². The number of hydrogen-bond acceptors (Lipinski definition) is 7. The van der Waals surface area contributed by atoms with Crippen LogP contribution in [0.1, 0.15) is 30.1 Å². The van der Waals surface area contributed by atoms with Crippen molar-refractivity contribution in [3.05, 3.63) is 101 Å². The summed E-state index contributed by atoms with van der Waals surface area (Å²) < 4.78 is 11.1. The number of carbonyl (C=O) groups excluding carboxylic acids is 1. The van der Waals surface area contributed by atoms with E-state index in [4.69, 9.17) is 55.6 Å². The van der Waals surface area contributed by atoms with E-state index in [1.807, 2.05) is 0 Å². The first-order valence-electron chi connectivity index (χ1n) is 11.0. The highest BCUT2D eigenvalue weighted by atomic mass is 35.5. The van der Waals surface area contributed by atoms with E-state index in [-0.39, 0.29) is 16.8 Å². The molecular weight excluding hydrogens is 578 g/mol. The summed E-state index contributed by atoms with van der Waals surface area (Å²) in [6.07, 6.45) is 1.34. The topological polar surface area (TPSA) is 107 Å². The molecule has 1 N–H and O–H groups in total. The van der Waals surface area contributed by atoms with Crippen molar-refractivity contribution in [2.24, 2.45) is 0 Å². The number of benzene rings is 2. The molecule has 2 aromatic carbocycles. The number of ether oxygens (including phenoxy) is 1. The second-order valence-electron chi connectivity index (χ2n) is 8.31. The minimum atomic E-state index is -1.27. The number of fused-ring (bicyclic) bond motifs is 1. The Bertz CT molecular complexity index is 1560. The van der Waals surface area contributed by atoms with Crippen LogP contribution in [-0.4, -0.2) is 34.6 Å². The Balaban J connectivity index is 1.72. The first kappa shape index (κ1) is 27.9. The average molecular weight is 598 g/mol. The molecule has 0 aliphatic heterocycles. The van der Waals surface area contributed by atoms with Crippen molar-refractivity contribution in [2.45, 2.75) is 19.0 Å². The summed E-state index contributed by atoms with van der Waals surface area (Å²) in [5.41, 5.74) is 2.89. The van der Waals surface area contributed by atoms with Crippen molar-refractivity contribution in [2.75, 3.05) is 14.2 Å². The van der Waals surface area contributed by atoms with Gasteiger partial charge in [-0.3, -0.25) is 15.0 Å². The molecule has 0 saturated carbocycles. The summed E-state index contributed by atoms with van der Waals surface area (Å²) in [6.45, 7) is 1.38. The molecule has 13 heteroatoms. The zero-order chi connectivity index (χ0) is 27.7. The molecule has 1 amide bonds.